The van der Waals surface area contributed by atoms with Crippen LogP contribution in [0.25, 0.3) is 0 Å². The average molecular weight is 859 g/mol. The van der Waals surface area contributed by atoms with Crippen molar-refractivity contribution in [2.45, 2.75) is 297 Å². The molecule has 0 bridgehead atoms. The van der Waals surface area contributed by atoms with E-state index in [1.54, 1.807) is 0 Å². The summed E-state index contributed by atoms with van der Waals surface area (Å²) in [7, 11) is 0. The van der Waals surface area contributed by atoms with Crippen LogP contribution in [0.1, 0.15) is 290 Å². The van der Waals surface area contributed by atoms with Crippen molar-refractivity contribution in [2.24, 2.45) is 0 Å². The van der Waals surface area contributed by atoms with Crippen LogP contribution in [0.4, 0.5) is 0 Å². The first-order chi connectivity index (χ1) is 30.0. The predicted molar refractivity (Wildman–Crippen MR) is 261 cm³/mol. The van der Waals surface area contributed by atoms with Gasteiger partial charge >= 0.3 is 17.9 Å². The Labute approximate surface area is 379 Å². The second kappa shape index (κ2) is 50.5. The smallest absolute Gasteiger partial charge is 0.306 e. The third-order valence-electron chi connectivity index (χ3n) is 12.0. The molecule has 0 aliphatic carbocycles. The summed E-state index contributed by atoms with van der Waals surface area (Å²) in [6.45, 7) is 6.63. The van der Waals surface area contributed by atoms with Gasteiger partial charge in [-0.25, -0.2) is 0 Å². The van der Waals surface area contributed by atoms with Crippen LogP contribution in [-0.2, 0) is 28.6 Å². The van der Waals surface area contributed by atoms with Gasteiger partial charge in [0.25, 0.3) is 0 Å². The fourth-order valence-corrected chi connectivity index (χ4v) is 7.89. The molecule has 0 aromatic carbocycles. The van der Waals surface area contributed by atoms with Crippen LogP contribution in [0.3, 0.4) is 0 Å². The molecule has 1 atom stereocenters. The van der Waals surface area contributed by atoms with Crippen molar-refractivity contribution in [3.8, 4) is 0 Å². The molecule has 0 aliphatic heterocycles. The molecule has 0 radical (unpaired) electrons. The van der Waals surface area contributed by atoms with Crippen molar-refractivity contribution in [1.82, 2.24) is 0 Å². The first kappa shape index (κ1) is 58.9. The Balaban J connectivity index is 4.32. The summed E-state index contributed by atoms with van der Waals surface area (Å²) in [5.74, 6) is -0.871. The van der Waals surface area contributed by atoms with Crippen LogP contribution in [-0.4, -0.2) is 37.2 Å². The number of ether oxygens (including phenoxy) is 3. The minimum Gasteiger partial charge on any atom is -0.462 e. The highest BCUT2D eigenvalue weighted by Crippen LogP contribution is 2.16. The molecule has 0 N–H and O–H groups in total. The second-order valence-electron chi connectivity index (χ2n) is 18.2. The molecule has 0 rings (SSSR count). The molecule has 6 nitrogen and oxygen atoms in total. The normalized spacial score (nSPS) is 12.1. The summed E-state index contributed by atoms with van der Waals surface area (Å²) >= 11 is 0. The Morgan fingerprint density at radius 2 is 0.590 bits per heavy atom. The Morgan fingerprint density at radius 1 is 0.328 bits per heavy atom. The first-order valence-electron chi connectivity index (χ1n) is 26.8. The van der Waals surface area contributed by atoms with E-state index in [-0.39, 0.29) is 31.1 Å². The van der Waals surface area contributed by atoms with E-state index in [1.165, 1.54) is 173 Å². The van der Waals surface area contributed by atoms with Crippen LogP contribution in [0.5, 0.6) is 0 Å². The maximum Gasteiger partial charge on any atom is 0.306 e. The summed E-state index contributed by atoms with van der Waals surface area (Å²) in [6.07, 6.45) is 57.3. The molecule has 0 saturated heterocycles. The van der Waals surface area contributed by atoms with Gasteiger partial charge in [0.1, 0.15) is 13.2 Å². The van der Waals surface area contributed by atoms with E-state index in [9.17, 15) is 14.4 Å². The standard InChI is InChI=1S/C55H102O6/c1-4-7-10-13-16-19-22-24-26-27-29-30-33-36-39-42-45-48-54(57)60-51-52(50-59-53(56)47-44-41-38-35-32-21-18-15-12-9-6-3)61-55(58)49-46-43-40-37-34-31-28-25-23-20-17-14-11-8-5-2/h17,20,25,28,52H,4-16,18-19,21-24,26-27,29-51H2,1-3H3/b20-17-,28-25-/t52-/m1/s1. The zero-order chi connectivity index (χ0) is 44.4. The second-order valence-corrected chi connectivity index (χ2v) is 18.2. The van der Waals surface area contributed by atoms with E-state index >= 15 is 0 Å². The van der Waals surface area contributed by atoms with E-state index in [4.69, 9.17) is 14.2 Å². The van der Waals surface area contributed by atoms with Gasteiger partial charge in [0, 0.05) is 19.3 Å². The molecule has 0 aromatic heterocycles. The van der Waals surface area contributed by atoms with Gasteiger partial charge in [0.15, 0.2) is 6.10 Å². The lowest BCUT2D eigenvalue weighted by Crippen LogP contribution is -2.30. The third-order valence-corrected chi connectivity index (χ3v) is 12.0. The first-order valence-corrected chi connectivity index (χ1v) is 26.8. The molecule has 0 aliphatic rings. The number of rotatable bonds is 49. The number of hydrogen-bond acceptors (Lipinski definition) is 6. The van der Waals surface area contributed by atoms with E-state index in [1.807, 2.05) is 0 Å². The van der Waals surface area contributed by atoms with E-state index < -0.39 is 6.10 Å². The molecule has 0 heterocycles. The monoisotopic (exact) mass is 859 g/mol. The molecule has 0 aromatic rings. The maximum atomic E-state index is 12.8. The minimum absolute atomic E-state index is 0.0720. The van der Waals surface area contributed by atoms with Gasteiger partial charge in [-0.2, -0.15) is 0 Å². The lowest BCUT2D eigenvalue weighted by atomic mass is 10.0. The van der Waals surface area contributed by atoms with Gasteiger partial charge in [-0.1, -0.05) is 244 Å². The molecule has 0 amide bonds. The van der Waals surface area contributed by atoms with E-state index in [0.29, 0.717) is 19.3 Å². The molecular weight excluding hydrogens is 757 g/mol. The van der Waals surface area contributed by atoms with E-state index in [2.05, 4.69) is 45.1 Å². The number of hydrogen-bond donors (Lipinski definition) is 0. The summed E-state index contributed by atoms with van der Waals surface area (Å²) in [4.78, 5) is 38.0. The van der Waals surface area contributed by atoms with Gasteiger partial charge in [-0.05, 0) is 51.4 Å². The Bertz CT molecular complexity index is 989. The molecular formula is C55H102O6. The van der Waals surface area contributed by atoms with Crippen molar-refractivity contribution in [3.63, 3.8) is 0 Å². The van der Waals surface area contributed by atoms with Gasteiger partial charge < -0.3 is 14.2 Å². The Kier molecular flexibility index (Phi) is 48.8. The van der Waals surface area contributed by atoms with Crippen LogP contribution in [0.2, 0.25) is 0 Å². The molecule has 0 unspecified atom stereocenters. The zero-order valence-electron chi connectivity index (χ0n) is 40.9. The lowest BCUT2D eigenvalue weighted by Gasteiger charge is -2.18. The quantitative estimate of drug-likeness (QED) is 0.0262. The van der Waals surface area contributed by atoms with Crippen LogP contribution in [0, 0.1) is 0 Å². The largest absolute Gasteiger partial charge is 0.462 e. The summed E-state index contributed by atoms with van der Waals surface area (Å²) < 4.78 is 16.8. The van der Waals surface area contributed by atoms with Crippen LogP contribution < -0.4 is 0 Å². The van der Waals surface area contributed by atoms with Crippen LogP contribution in [0.15, 0.2) is 24.3 Å². The highest BCUT2D eigenvalue weighted by atomic mass is 16.6. The van der Waals surface area contributed by atoms with Crippen molar-refractivity contribution in [1.29, 1.82) is 0 Å². The molecule has 0 spiro atoms. The average Bonchev–Trinajstić information content (AvgIpc) is 3.26. The Hall–Kier alpha value is -2.11. The number of carbonyl (C=O) groups is 3. The number of unbranched alkanes of at least 4 members (excludes halogenated alkanes) is 34. The SMILES string of the molecule is CCCCC/C=C\C/C=C\CCCCCCCC(=O)O[C@H](COC(=O)CCCCCCCCCCCCC)COC(=O)CCCCCCCCCCCCCCCCCCC. The van der Waals surface area contributed by atoms with Gasteiger partial charge in [0.05, 0.1) is 0 Å². The van der Waals surface area contributed by atoms with E-state index in [0.717, 1.165) is 77.0 Å². The predicted octanol–water partition coefficient (Wildman–Crippen LogP) is 17.5. The maximum absolute atomic E-state index is 12.8. The Morgan fingerprint density at radius 3 is 0.934 bits per heavy atom. The fourth-order valence-electron chi connectivity index (χ4n) is 7.89. The molecule has 61 heavy (non-hydrogen) atoms. The molecule has 0 fully saturated rings. The lowest BCUT2D eigenvalue weighted by molar-refractivity contribution is -0.167. The minimum atomic E-state index is -0.772. The van der Waals surface area contributed by atoms with Gasteiger partial charge in [-0.3, -0.25) is 14.4 Å². The van der Waals surface area contributed by atoms with Crippen molar-refractivity contribution < 1.29 is 28.6 Å². The van der Waals surface area contributed by atoms with Crippen molar-refractivity contribution in [2.75, 3.05) is 13.2 Å². The number of carbonyl (C=O) groups excluding carboxylic acids is 3. The highest BCUT2D eigenvalue weighted by Gasteiger charge is 2.19. The van der Waals surface area contributed by atoms with Crippen LogP contribution >= 0.6 is 0 Å². The zero-order valence-corrected chi connectivity index (χ0v) is 40.9. The topological polar surface area (TPSA) is 78.9 Å². The molecule has 358 valence electrons. The summed E-state index contributed by atoms with van der Waals surface area (Å²) in [5, 5.41) is 0. The molecule has 6 heteroatoms. The van der Waals surface area contributed by atoms with Gasteiger partial charge in [0.2, 0.25) is 0 Å². The third kappa shape index (κ3) is 48.8. The number of allylic oxidation sites excluding steroid dienone is 4. The summed E-state index contributed by atoms with van der Waals surface area (Å²) in [5.41, 5.74) is 0. The van der Waals surface area contributed by atoms with Crippen molar-refractivity contribution in [3.05, 3.63) is 24.3 Å². The number of esters is 3. The fraction of sp³-hybridized carbons (Fsp3) is 0.873. The van der Waals surface area contributed by atoms with Crippen molar-refractivity contribution >= 4 is 17.9 Å². The highest BCUT2D eigenvalue weighted by molar-refractivity contribution is 5.71. The molecule has 0 saturated carbocycles. The summed E-state index contributed by atoms with van der Waals surface area (Å²) in [6, 6.07) is 0. The van der Waals surface area contributed by atoms with Gasteiger partial charge in [-0.15, -0.1) is 0 Å².